The van der Waals surface area contributed by atoms with Crippen LogP contribution in [0.2, 0.25) is 0 Å². The van der Waals surface area contributed by atoms with E-state index in [4.69, 9.17) is 4.74 Å². The molecule has 10 heteroatoms. The number of aromatic amines is 1. The normalized spacial score (nSPS) is 14.6. The van der Waals surface area contributed by atoms with Crippen LogP contribution in [-0.4, -0.2) is 51.6 Å². The lowest BCUT2D eigenvalue weighted by Gasteiger charge is -2.38. The largest absolute Gasteiger partial charge is 0.486 e. The molecule has 3 aromatic heterocycles. The van der Waals surface area contributed by atoms with Gasteiger partial charge in [-0.2, -0.15) is 0 Å². The lowest BCUT2D eigenvalue weighted by molar-refractivity contribution is 0.0145. The highest BCUT2D eigenvalue weighted by atomic mass is 32.1. The first-order valence-electron chi connectivity index (χ1n) is 9.73. The van der Waals surface area contributed by atoms with Gasteiger partial charge in [-0.05, 0) is 32.0 Å². The first kappa shape index (κ1) is 20.3. The Bertz CT molecular complexity index is 1220. The Kier molecular flexibility index (Phi) is 5.44. The van der Waals surface area contributed by atoms with E-state index in [1.807, 2.05) is 13.0 Å². The molecule has 1 aliphatic heterocycles. The summed E-state index contributed by atoms with van der Waals surface area (Å²) in [5, 5.41) is 2.55. The highest BCUT2D eigenvalue weighted by Gasteiger charge is 2.29. The Labute approximate surface area is 176 Å². The predicted molar refractivity (Wildman–Crippen MR) is 114 cm³/mol. The van der Waals surface area contributed by atoms with Gasteiger partial charge in [-0.15, -0.1) is 11.3 Å². The van der Waals surface area contributed by atoms with Gasteiger partial charge in [0.1, 0.15) is 22.2 Å². The zero-order chi connectivity index (χ0) is 21.4. The van der Waals surface area contributed by atoms with Crippen LogP contribution in [-0.2, 0) is 13.1 Å². The number of H-pyrrole nitrogens is 1. The Morgan fingerprint density at radius 1 is 1.37 bits per heavy atom. The van der Waals surface area contributed by atoms with E-state index in [2.05, 4.69) is 20.2 Å². The highest BCUT2D eigenvalue weighted by molar-refractivity contribution is 7.18. The molecule has 9 nitrogen and oxygen atoms in total. The zero-order valence-corrected chi connectivity index (χ0v) is 17.8. The fraction of sp³-hybridized carbons (Fsp3) is 0.400. The van der Waals surface area contributed by atoms with Crippen LogP contribution in [0.15, 0.2) is 27.8 Å². The molecule has 1 amide bonds. The number of amides is 1. The second-order valence-electron chi connectivity index (χ2n) is 7.23. The van der Waals surface area contributed by atoms with E-state index in [9.17, 15) is 14.4 Å². The Balaban J connectivity index is 1.39. The van der Waals surface area contributed by atoms with Gasteiger partial charge in [0, 0.05) is 38.1 Å². The summed E-state index contributed by atoms with van der Waals surface area (Å²) in [6, 6.07) is 5.30. The van der Waals surface area contributed by atoms with Crippen molar-refractivity contribution < 1.29 is 9.53 Å². The topological polar surface area (TPSA) is 109 Å². The second kappa shape index (κ2) is 8.04. The van der Waals surface area contributed by atoms with E-state index in [1.54, 1.807) is 26.1 Å². The number of aryl methyl sites for hydroxylation is 1. The number of hydrogen-bond donors (Lipinski definition) is 2. The van der Waals surface area contributed by atoms with Crippen molar-refractivity contribution in [3.05, 3.63) is 55.3 Å². The number of pyridine rings is 1. The third kappa shape index (κ3) is 3.75. The molecule has 0 radical (unpaired) electrons. The SMILES string of the molecule is CCn1c(=O)[nH]c2cc(CN3CC(Oc4ccc(C(=O)NC)nc4C)C3)sc2c1=O. The van der Waals surface area contributed by atoms with Gasteiger partial charge in [-0.1, -0.05) is 0 Å². The van der Waals surface area contributed by atoms with E-state index in [0.717, 1.165) is 18.0 Å². The molecular weight excluding hydrogens is 406 g/mol. The van der Waals surface area contributed by atoms with Gasteiger partial charge in [0.05, 0.1) is 11.2 Å². The van der Waals surface area contributed by atoms with E-state index in [-0.39, 0.29) is 23.3 Å². The summed E-state index contributed by atoms with van der Waals surface area (Å²) in [5.74, 6) is 0.446. The fourth-order valence-electron chi connectivity index (χ4n) is 3.51. The number of nitrogens with zero attached hydrogens (tertiary/aromatic N) is 3. The van der Waals surface area contributed by atoms with Gasteiger partial charge in [-0.3, -0.25) is 19.1 Å². The lowest BCUT2D eigenvalue weighted by Crippen LogP contribution is -2.53. The molecule has 158 valence electrons. The first-order valence-corrected chi connectivity index (χ1v) is 10.6. The first-order chi connectivity index (χ1) is 14.4. The van der Waals surface area contributed by atoms with Gasteiger partial charge < -0.3 is 15.0 Å². The minimum Gasteiger partial charge on any atom is -0.486 e. The minimum atomic E-state index is -0.372. The maximum absolute atomic E-state index is 12.4. The van der Waals surface area contributed by atoms with Crippen molar-refractivity contribution in [1.29, 1.82) is 0 Å². The third-order valence-electron chi connectivity index (χ3n) is 5.12. The molecule has 4 rings (SSSR count). The van der Waals surface area contributed by atoms with Crippen molar-refractivity contribution in [1.82, 2.24) is 24.8 Å². The Hall–Kier alpha value is -2.98. The summed E-state index contributed by atoms with van der Waals surface area (Å²) in [4.78, 5) is 46.4. The maximum Gasteiger partial charge on any atom is 0.328 e. The quantitative estimate of drug-likeness (QED) is 0.607. The summed E-state index contributed by atoms with van der Waals surface area (Å²) in [6.07, 6.45) is 0.0443. The van der Waals surface area contributed by atoms with Crippen molar-refractivity contribution in [2.45, 2.75) is 33.0 Å². The van der Waals surface area contributed by atoms with Crippen molar-refractivity contribution in [3.8, 4) is 5.75 Å². The standard InChI is InChI=1S/C20H23N5O4S/c1-4-25-19(27)17-15(23-20(25)28)7-13(30-17)10-24-8-12(9-24)29-16-6-5-14(18(26)21-3)22-11(16)2/h5-7,12H,4,8-10H2,1-3H3,(H,21,26)(H,23,28). The van der Waals surface area contributed by atoms with Crippen LogP contribution in [0.3, 0.4) is 0 Å². The molecule has 2 N–H and O–H groups in total. The van der Waals surface area contributed by atoms with Gasteiger partial charge in [0.25, 0.3) is 11.5 Å². The van der Waals surface area contributed by atoms with E-state index >= 15 is 0 Å². The number of hydrogen-bond acceptors (Lipinski definition) is 7. The predicted octanol–water partition coefficient (Wildman–Crippen LogP) is 1.10. The molecule has 30 heavy (non-hydrogen) atoms. The summed E-state index contributed by atoms with van der Waals surface area (Å²) in [7, 11) is 1.57. The molecule has 0 bridgehead atoms. The highest BCUT2D eigenvalue weighted by Crippen LogP contribution is 2.26. The maximum atomic E-state index is 12.4. The Morgan fingerprint density at radius 3 is 2.80 bits per heavy atom. The average molecular weight is 430 g/mol. The number of aromatic nitrogens is 3. The second-order valence-corrected chi connectivity index (χ2v) is 8.36. The molecule has 4 heterocycles. The average Bonchev–Trinajstić information content (AvgIpc) is 3.09. The van der Waals surface area contributed by atoms with Crippen molar-refractivity contribution >= 4 is 27.5 Å². The molecular formula is C20H23N5O4S. The number of rotatable bonds is 6. The minimum absolute atomic E-state index is 0.0443. The Morgan fingerprint density at radius 2 is 2.13 bits per heavy atom. The van der Waals surface area contributed by atoms with Crippen LogP contribution >= 0.6 is 11.3 Å². The molecule has 3 aromatic rings. The monoisotopic (exact) mass is 429 g/mol. The molecule has 0 aromatic carbocycles. The van der Waals surface area contributed by atoms with Crippen LogP contribution in [0.25, 0.3) is 10.2 Å². The molecule has 0 spiro atoms. The van der Waals surface area contributed by atoms with Crippen LogP contribution in [0.4, 0.5) is 0 Å². The number of ether oxygens (including phenoxy) is 1. The van der Waals surface area contributed by atoms with Crippen molar-refractivity contribution in [2.75, 3.05) is 20.1 Å². The molecule has 1 fully saturated rings. The molecule has 0 unspecified atom stereocenters. The number of carbonyl (C=O) groups excluding carboxylic acids is 1. The van der Waals surface area contributed by atoms with Gasteiger partial charge in [0.2, 0.25) is 0 Å². The number of fused-ring (bicyclic) bond motifs is 1. The molecule has 0 saturated carbocycles. The fourth-order valence-corrected chi connectivity index (χ4v) is 4.61. The third-order valence-corrected chi connectivity index (χ3v) is 6.23. The van der Waals surface area contributed by atoms with E-state index in [0.29, 0.717) is 40.4 Å². The summed E-state index contributed by atoms with van der Waals surface area (Å²) in [6.45, 7) is 6.14. The molecule has 0 atom stereocenters. The zero-order valence-electron chi connectivity index (χ0n) is 17.0. The number of nitrogens with one attached hydrogen (secondary N) is 2. The molecule has 0 aliphatic carbocycles. The smallest absolute Gasteiger partial charge is 0.328 e. The summed E-state index contributed by atoms with van der Waals surface area (Å²) < 4.78 is 7.80. The number of likely N-dealkylation sites (tertiary alicyclic amines) is 1. The van der Waals surface area contributed by atoms with E-state index in [1.165, 1.54) is 15.9 Å². The van der Waals surface area contributed by atoms with E-state index < -0.39 is 0 Å². The summed E-state index contributed by atoms with van der Waals surface area (Å²) in [5.41, 5.74) is 1.03. The van der Waals surface area contributed by atoms with Crippen LogP contribution in [0.5, 0.6) is 5.75 Å². The van der Waals surface area contributed by atoms with Crippen LogP contribution < -0.4 is 21.3 Å². The van der Waals surface area contributed by atoms with Crippen molar-refractivity contribution in [3.63, 3.8) is 0 Å². The van der Waals surface area contributed by atoms with Crippen LogP contribution in [0.1, 0.15) is 28.0 Å². The molecule has 1 aliphatic rings. The van der Waals surface area contributed by atoms with Gasteiger partial charge in [0.15, 0.2) is 0 Å². The van der Waals surface area contributed by atoms with Crippen LogP contribution in [0, 0.1) is 6.92 Å². The number of thiophene rings is 1. The van der Waals surface area contributed by atoms with Gasteiger partial charge >= 0.3 is 5.69 Å². The molecule has 1 saturated heterocycles. The van der Waals surface area contributed by atoms with Gasteiger partial charge in [-0.25, -0.2) is 9.78 Å². The lowest BCUT2D eigenvalue weighted by atomic mass is 10.1. The van der Waals surface area contributed by atoms with Crippen molar-refractivity contribution in [2.24, 2.45) is 0 Å². The number of carbonyl (C=O) groups is 1. The summed E-state index contributed by atoms with van der Waals surface area (Å²) >= 11 is 1.42.